The van der Waals surface area contributed by atoms with Crippen molar-refractivity contribution in [2.45, 2.75) is 26.2 Å². The van der Waals surface area contributed by atoms with Gasteiger partial charge in [0.15, 0.2) is 5.82 Å². The van der Waals surface area contributed by atoms with Crippen LogP contribution in [0.5, 0.6) is 0 Å². The summed E-state index contributed by atoms with van der Waals surface area (Å²) >= 11 is 0. The Morgan fingerprint density at radius 1 is 1.00 bits per heavy atom. The van der Waals surface area contributed by atoms with Crippen LogP contribution in [-0.4, -0.2) is 28.4 Å². The molecule has 1 N–H and O–H groups in total. The van der Waals surface area contributed by atoms with Crippen molar-refractivity contribution >= 4 is 34.0 Å². The molecule has 2 aromatic carbocycles. The van der Waals surface area contributed by atoms with E-state index in [-0.39, 0.29) is 11.8 Å². The van der Waals surface area contributed by atoms with Crippen LogP contribution in [-0.2, 0) is 11.2 Å². The maximum absolute atomic E-state index is 12.8. The van der Waals surface area contributed by atoms with Gasteiger partial charge in [-0.1, -0.05) is 31.2 Å². The Bertz CT molecular complexity index is 1190. The Balaban J connectivity index is 1.30. The van der Waals surface area contributed by atoms with Crippen molar-refractivity contribution < 1.29 is 4.79 Å². The summed E-state index contributed by atoms with van der Waals surface area (Å²) in [6.45, 7) is 3.80. The molecule has 0 saturated carbocycles. The molecule has 0 aliphatic carbocycles. The number of nitrogens with zero attached hydrogens (tertiary/aromatic N) is 3. The molecule has 0 atom stereocenters. The number of amides is 1. The monoisotopic (exact) mass is 398 g/mol. The molecule has 5 nitrogen and oxygen atoms in total. The van der Waals surface area contributed by atoms with Crippen molar-refractivity contribution in [3.8, 4) is 0 Å². The number of hydrogen-bond donors (Lipinski definition) is 1. The predicted molar refractivity (Wildman–Crippen MR) is 122 cm³/mol. The number of benzene rings is 2. The summed E-state index contributed by atoms with van der Waals surface area (Å²) in [5, 5.41) is 3.09. The van der Waals surface area contributed by atoms with E-state index in [4.69, 9.17) is 4.98 Å². The minimum Gasteiger partial charge on any atom is -0.355 e. The lowest BCUT2D eigenvalue weighted by molar-refractivity contribution is -0.120. The van der Waals surface area contributed by atoms with Crippen molar-refractivity contribution in [2.24, 2.45) is 5.92 Å². The van der Waals surface area contributed by atoms with Crippen molar-refractivity contribution in [2.75, 3.05) is 23.3 Å². The molecule has 1 aliphatic rings. The second-order valence-electron chi connectivity index (χ2n) is 7.99. The van der Waals surface area contributed by atoms with Crippen molar-refractivity contribution in [3.63, 3.8) is 0 Å². The molecule has 0 unspecified atom stereocenters. The number of rotatable bonds is 4. The molecule has 3 heterocycles. The fourth-order valence-corrected chi connectivity index (χ4v) is 4.36. The summed E-state index contributed by atoms with van der Waals surface area (Å²) in [6, 6.07) is 20.6. The van der Waals surface area contributed by atoms with E-state index < -0.39 is 0 Å². The normalized spacial score (nSPS) is 15.0. The van der Waals surface area contributed by atoms with E-state index in [1.807, 2.05) is 24.3 Å². The molecule has 2 aromatic heterocycles. The van der Waals surface area contributed by atoms with Gasteiger partial charge >= 0.3 is 0 Å². The number of para-hydroxylation sites is 2. The van der Waals surface area contributed by atoms with Gasteiger partial charge in [0.25, 0.3) is 0 Å². The average Bonchev–Trinajstić information content (AvgIpc) is 3.29. The van der Waals surface area contributed by atoms with Gasteiger partial charge < -0.3 is 14.6 Å². The highest BCUT2D eigenvalue weighted by Gasteiger charge is 2.27. The lowest BCUT2D eigenvalue weighted by atomic mass is 9.95. The molecule has 152 valence electrons. The van der Waals surface area contributed by atoms with Gasteiger partial charge in [-0.3, -0.25) is 4.79 Å². The first-order valence-electron chi connectivity index (χ1n) is 10.7. The molecule has 0 spiro atoms. The molecule has 30 heavy (non-hydrogen) atoms. The molecule has 4 aromatic rings. The second kappa shape index (κ2) is 7.82. The topological polar surface area (TPSA) is 49.6 Å². The average molecular weight is 399 g/mol. The Kier molecular flexibility index (Phi) is 4.87. The Hall–Kier alpha value is -3.34. The maximum Gasteiger partial charge on any atom is 0.227 e. The van der Waals surface area contributed by atoms with E-state index in [9.17, 15) is 4.79 Å². The van der Waals surface area contributed by atoms with Crippen LogP contribution in [0.25, 0.3) is 16.6 Å². The first-order valence-corrected chi connectivity index (χ1v) is 10.7. The largest absolute Gasteiger partial charge is 0.355 e. The summed E-state index contributed by atoms with van der Waals surface area (Å²) in [5.41, 5.74) is 5.38. The van der Waals surface area contributed by atoms with E-state index in [1.165, 1.54) is 5.56 Å². The molecule has 0 radical (unpaired) electrons. The van der Waals surface area contributed by atoms with Crippen LogP contribution in [0.1, 0.15) is 25.3 Å². The summed E-state index contributed by atoms with van der Waals surface area (Å²) in [7, 11) is 0. The number of piperidine rings is 1. The number of anilines is 2. The summed E-state index contributed by atoms with van der Waals surface area (Å²) in [5.74, 6) is 1.17. The molecular formula is C25H26N4O. The summed E-state index contributed by atoms with van der Waals surface area (Å²) < 4.78 is 2.20. The van der Waals surface area contributed by atoms with Gasteiger partial charge in [-0.25, -0.2) is 4.98 Å². The number of aromatic nitrogens is 2. The Morgan fingerprint density at radius 2 is 1.73 bits per heavy atom. The van der Waals surface area contributed by atoms with E-state index in [0.717, 1.165) is 60.4 Å². The molecule has 1 aliphatic heterocycles. The first-order chi connectivity index (χ1) is 14.7. The van der Waals surface area contributed by atoms with E-state index in [1.54, 1.807) is 0 Å². The van der Waals surface area contributed by atoms with Gasteiger partial charge in [-0.2, -0.15) is 0 Å². The lowest BCUT2D eigenvalue weighted by Crippen LogP contribution is -2.38. The third-order valence-corrected chi connectivity index (χ3v) is 6.14. The highest BCUT2D eigenvalue weighted by Crippen LogP contribution is 2.29. The molecule has 5 rings (SSSR count). The van der Waals surface area contributed by atoms with E-state index in [0.29, 0.717) is 0 Å². The third-order valence-electron chi connectivity index (χ3n) is 6.14. The molecule has 1 amide bonds. The summed E-state index contributed by atoms with van der Waals surface area (Å²) in [4.78, 5) is 20.0. The number of carbonyl (C=O) groups excluding carboxylic acids is 1. The fourth-order valence-electron chi connectivity index (χ4n) is 4.36. The van der Waals surface area contributed by atoms with Gasteiger partial charge in [0, 0.05) is 30.9 Å². The summed E-state index contributed by atoms with van der Waals surface area (Å²) in [6.07, 6.45) is 4.76. The lowest BCUT2D eigenvalue weighted by Gasteiger charge is -2.32. The van der Waals surface area contributed by atoms with Crippen LogP contribution in [0.2, 0.25) is 0 Å². The molecular weight excluding hydrogens is 372 g/mol. The highest BCUT2D eigenvalue weighted by molar-refractivity contribution is 5.93. The van der Waals surface area contributed by atoms with Gasteiger partial charge in [0.05, 0.1) is 16.6 Å². The van der Waals surface area contributed by atoms with Crippen LogP contribution < -0.4 is 10.2 Å². The minimum absolute atomic E-state index is 0.0374. The quantitative estimate of drug-likeness (QED) is 0.532. The Morgan fingerprint density at radius 3 is 2.50 bits per heavy atom. The minimum atomic E-state index is 0.0374. The zero-order valence-corrected chi connectivity index (χ0v) is 17.2. The van der Waals surface area contributed by atoms with Crippen molar-refractivity contribution in [3.05, 3.63) is 72.4 Å². The van der Waals surface area contributed by atoms with Crippen molar-refractivity contribution in [1.29, 1.82) is 0 Å². The van der Waals surface area contributed by atoms with E-state index >= 15 is 0 Å². The highest BCUT2D eigenvalue weighted by atomic mass is 16.1. The molecule has 1 saturated heterocycles. The number of carbonyl (C=O) groups is 1. The third kappa shape index (κ3) is 3.41. The van der Waals surface area contributed by atoms with E-state index in [2.05, 4.69) is 64.1 Å². The zero-order valence-electron chi connectivity index (χ0n) is 17.2. The van der Waals surface area contributed by atoms with Crippen LogP contribution in [0, 0.1) is 5.92 Å². The van der Waals surface area contributed by atoms with Crippen LogP contribution in [0.4, 0.5) is 11.5 Å². The van der Waals surface area contributed by atoms with Crippen LogP contribution in [0.15, 0.2) is 66.9 Å². The molecule has 1 fully saturated rings. The number of hydrogen-bond acceptors (Lipinski definition) is 3. The van der Waals surface area contributed by atoms with Gasteiger partial charge in [-0.15, -0.1) is 0 Å². The van der Waals surface area contributed by atoms with Crippen LogP contribution in [0.3, 0.4) is 0 Å². The smallest absolute Gasteiger partial charge is 0.227 e. The maximum atomic E-state index is 12.8. The standard InChI is InChI=1S/C25H26N4O/c1-2-18-9-11-20(12-10-18)26-25(30)19-13-16-28(17-14-19)24-23-8-5-15-29(23)22-7-4-3-6-21(22)27-24/h3-12,15,19H,2,13-14,16-17H2,1H3,(H,26,30). The predicted octanol–water partition coefficient (Wildman–Crippen LogP) is 4.91. The van der Waals surface area contributed by atoms with Gasteiger partial charge in [-0.05, 0) is 61.2 Å². The molecule has 5 heteroatoms. The van der Waals surface area contributed by atoms with Crippen LogP contribution >= 0.6 is 0 Å². The van der Waals surface area contributed by atoms with Crippen molar-refractivity contribution in [1.82, 2.24) is 9.38 Å². The van der Waals surface area contributed by atoms with Gasteiger partial charge in [0.2, 0.25) is 5.91 Å². The zero-order chi connectivity index (χ0) is 20.5. The number of fused-ring (bicyclic) bond motifs is 3. The molecule has 0 bridgehead atoms. The SMILES string of the molecule is CCc1ccc(NC(=O)C2CCN(c3nc4ccccc4n4cccc34)CC2)cc1. The Labute approximate surface area is 176 Å². The second-order valence-corrected chi connectivity index (χ2v) is 7.99. The van der Waals surface area contributed by atoms with Gasteiger partial charge in [0.1, 0.15) is 0 Å². The number of aryl methyl sites for hydroxylation is 1. The fraction of sp³-hybridized carbons (Fsp3) is 0.280. The number of nitrogens with one attached hydrogen (secondary N) is 1. The first kappa shape index (κ1) is 18.7.